The van der Waals surface area contributed by atoms with Crippen LogP contribution in [-0.2, 0) is 25.4 Å². The highest BCUT2D eigenvalue weighted by Crippen LogP contribution is 2.24. The molecule has 35 heavy (non-hydrogen) atoms. The smallest absolute Gasteiger partial charge is 0.338 e. The fourth-order valence-electron chi connectivity index (χ4n) is 4.03. The first kappa shape index (κ1) is 26.3. The lowest BCUT2D eigenvalue weighted by molar-refractivity contribution is -0.137. The third kappa shape index (κ3) is 9.09. The first-order chi connectivity index (χ1) is 16.9. The molecule has 0 bridgehead atoms. The van der Waals surface area contributed by atoms with E-state index < -0.39 is 5.97 Å². The van der Waals surface area contributed by atoms with Crippen LogP contribution in [0.3, 0.4) is 0 Å². The van der Waals surface area contributed by atoms with Crippen molar-refractivity contribution in [3.63, 3.8) is 0 Å². The number of anilines is 2. The molecule has 0 spiro atoms. The lowest BCUT2D eigenvalue weighted by Crippen LogP contribution is -2.28. The summed E-state index contributed by atoms with van der Waals surface area (Å²) in [5, 5.41) is 0. The molecule has 188 valence electrons. The number of ether oxygens (including phenoxy) is 3. The highest BCUT2D eigenvalue weighted by atomic mass is 16.5. The van der Waals surface area contributed by atoms with Crippen molar-refractivity contribution >= 4 is 29.4 Å². The summed E-state index contributed by atoms with van der Waals surface area (Å²) in [6.45, 7) is 3.19. The minimum absolute atomic E-state index is 0.0633. The summed E-state index contributed by atoms with van der Waals surface area (Å²) in [7, 11) is 0. The normalized spacial score (nSPS) is 17.9. The first-order valence-electron chi connectivity index (χ1n) is 12.4. The van der Waals surface area contributed by atoms with Crippen LogP contribution in [0.5, 0.6) is 0 Å². The Kier molecular flexibility index (Phi) is 10.2. The van der Waals surface area contributed by atoms with E-state index in [2.05, 4.69) is 6.92 Å². The molecule has 2 aromatic carbocycles. The number of nitrogen functional groups attached to an aromatic ring is 2. The van der Waals surface area contributed by atoms with E-state index in [4.69, 9.17) is 25.7 Å². The van der Waals surface area contributed by atoms with Crippen molar-refractivity contribution in [3.8, 4) is 0 Å². The molecule has 7 heteroatoms. The second-order valence-electron chi connectivity index (χ2n) is 8.91. The van der Waals surface area contributed by atoms with Crippen molar-refractivity contribution in [2.75, 3.05) is 24.7 Å². The predicted octanol–water partition coefficient (Wildman–Crippen LogP) is 4.93. The van der Waals surface area contributed by atoms with E-state index in [-0.39, 0.29) is 24.8 Å². The first-order valence-corrected chi connectivity index (χ1v) is 12.4. The maximum absolute atomic E-state index is 12.5. The van der Waals surface area contributed by atoms with E-state index in [1.54, 1.807) is 48.5 Å². The van der Waals surface area contributed by atoms with E-state index in [9.17, 15) is 9.59 Å². The Bertz CT molecular complexity index is 975. The molecule has 4 N–H and O–H groups in total. The van der Waals surface area contributed by atoms with E-state index in [1.165, 1.54) is 6.08 Å². The summed E-state index contributed by atoms with van der Waals surface area (Å²) < 4.78 is 16.8. The molecule has 0 unspecified atom stereocenters. The van der Waals surface area contributed by atoms with Crippen LogP contribution in [0.2, 0.25) is 0 Å². The van der Waals surface area contributed by atoms with Gasteiger partial charge in [0, 0.05) is 30.5 Å². The van der Waals surface area contributed by atoms with Crippen molar-refractivity contribution in [3.05, 3.63) is 65.2 Å². The standard InChI is InChI=1S/C28H36N2O5/c1-2-3-15-33-25-9-11-26(12-10-25)35-28(32)22-7-4-20(5-8-22)6-13-27(31)34-16-14-21-17-23(29)19-24(30)18-21/h4-8,13,17-19,25-26H,2-3,9-12,14-16,29-30H2,1H3/b13-6+. The van der Waals surface area contributed by atoms with Crippen LogP contribution >= 0.6 is 0 Å². The Labute approximate surface area is 207 Å². The molecule has 0 aromatic heterocycles. The SMILES string of the molecule is CCCCOC1CCC(OC(=O)c2ccc(/C=C/C(=O)OCCc3cc(N)cc(N)c3)cc2)CC1. The van der Waals surface area contributed by atoms with Crippen LogP contribution < -0.4 is 11.5 Å². The third-order valence-corrected chi connectivity index (χ3v) is 5.98. The molecule has 0 saturated heterocycles. The van der Waals surface area contributed by atoms with Crippen LogP contribution in [0, 0.1) is 0 Å². The van der Waals surface area contributed by atoms with E-state index in [1.807, 2.05) is 0 Å². The van der Waals surface area contributed by atoms with Gasteiger partial charge in [0.05, 0.1) is 18.3 Å². The molecule has 1 fully saturated rings. The van der Waals surface area contributed by atoms with Gasteiger partial charge in [0.15, 0.2) is 0 Å². The summed E-state index contributed by atoms with van der Waals surface area (Å²) in [4.78, 5) is 24.5. The van der Waals surface area contributed by atoms with Crippen LogP contribution in [0.25, 0.3) is 6.08 Å². The van der Waals surface area contributed by atoms with E-state index >= 15 is 0 Å². The quantitative estimate of drug-likeness (QED) is 0.203. The minimum Gasteiger partial charge on any atom is -0.462 e. The number of unbranched alkanes of at least 4 members (excludes halogenated alkanes) is 1. The molecule has 1 aliphatic rings. The molecule has 7 nitrogen and oxygen atoms in total. The molecule has 3 rings (SSSR count). The topological polar surface area (TPSA) is 114 Å². The summed E-state index contributed by atoms with van der Waals surface area (Å²) in [6, 6.07) is 12.2. The Hall–Kier alpha value is -3.32. The molecule has 0 radical (unpaired) electrons. The van der Waals surface area contributed by atoms with Crippen molar-refractivity contribution in [2.24, 2.45) is 0 Å². The third-order valence-electron chi connectivity index (χ3n) is 5.98. The van der Waals surface area contributed by atoms with Gasteiger partial charge in [-0.2, -0.15) is 0 Å². The monoisotopic (exact) mass is 480 g/mol. The number of nitrogens with two attached hydrogens (primary N) is 2. The minimum atomic E-state index is -0.445. The Morgan fingerprint density at radius 2 is 1.60 bits per heavy atom. The Balaban J connectivity index is 1.38. The number of hydrogen-bond donors (Lipinski definition) is 2. The number of carbonyl (C=O) groups excluding carboxylic acids is 2. The van der Waals surface area contributed by atoms with Crippen LogP contribution in [0.1, 0.15) is 66.9 Å². The average Bonchev–Trinajstić information content (AvgIpc) is 2.84. The van der Waals surface area contributed by atoms with Crippen LogP contribution in [0.15, 0.2) is 48.5 Å². The van der Waals surface area contributed by atoms with Gasteiger partial charge in [0.25, 0.3) is 0 Å². The maximum atomic E-state index is 12.5. The second-order valence-corrected chi connectivity index (χ2v) is 8.91. The molecule has 0 atom stereocenters. The maximum Gasteiger partial charge on any atom is 0.338 e. The summed E-state index contributed by atoms with van der Waals surface area (Å²) in [5.74, 6) is -0.767. The van der Waals surface area contributed by atoms with Crippen LogP contribution in [-0.4, -0.2) is 37.4 Å². The van der Waals surface area contributed by atoms with E-state index in [0.717, 1.165) is 56.3 Å². The van der Waals surface area contributed by atoms with Gasteiger partial charge in [-0.25, -0.2) is 9.59 Å². The summed E-state index contributed by atoms with van der Waals surface area (Å²) in [6.07, 6.45) is 9.49. The van der Waals surface area contributed by atoms with Crippen molar-refractivity contribution in [2.45, 2.75) is 64.1 Å². The lowest BCUT2D eigenvalue weighted by Gasteiger charge is -2.28. The fraction of sp³-hybridized carbons (Fsp3) is 0.429. The molecule has 0 heterocycles. The number of esters is 2. The van der Waals surface area contributed by atoms with Crippen molar-refractivity contribution in [1.29, 1.82) is 0 Å². The van der Waals surface area contributed by atoms with Gasteiger partial charge < -0.3 is 25.7 Å². The number of benzene rings is 2. The molecular formula is C28H36N2O5. The van der Waals surface area contributed by atoms with Gasteiger partial charge >= 0.3 is 11.9 Å². The molecule has 0 aliphatic heterocycles. The average molecular weight is 481 g/mol. The van der Waals surface area contributed by atoms with Crippen molar-refractivity contribution in [1.82, 2.24) is 0 Å². The number of hydrogen-bond acceptors (Lipinski definition) is 7. The zero-order valence-electron chi connectivity index (χ0n) is 20.4. The highest BCUT2D eigenvalue weighted by molar-refractivity contribution is 5.90. The van der Waals surface area contributed by atoms with Gasteiger partial charge in [-0.05, 0) is 79.6 Å². The molecule has 1 aliphatic carbocycles. The molecular weight excluding hydrogens is 444 g/mol. The number of carbonyl (C=O) groups is 2. The van der Waals surface area contributed by atoms with Crippen LogP contribution in [0.4, 0.5) is 11.4 Å². The number of rotatable bonds is 11. The second kappa shape index (κ2) is 13.5. The van der Waals surface area contributed by atoms with Gasteiger partial charge in [-0.3, -0.25) is 0 Å². The molecule has 2 aromatic rings. The van der Waals surface area contributed by atoms with Gasteiger partial charge in [0.1, 0.15) is 6.10 Å². The zero-order chi connectivity index (χ0) is 25.0. The molecule has 0 amide bonds. The highest BCUT2D eigenvalue weighted by Gasteiger charge is 2.24. The van der Waals surface area contributed by atoms with Crippen molar-refractivity contribution < 1.29 is 23.8 Å². The fourth-order valence-corrected chi connectivity index (χ4v) is 4.03. The Morgan fingerprint density at radius 3 is 2.26 bits per heavy atom. The van der Waals surface area contributed by atoms with Gasteiger partial charge in [0.2, 0.25) is 0 Å². The molecule has 1 saturated carbocycles. The summed E-state index contributed by atoms with van der Waals surface area (Å²) >= 11 is 0. The van der Waals surface area contributed by atoms with Gasteiger partial charge in [-0.1, -0.05) is 25.5 Å². The van der Waals surface area contributed by atoms with Gasteiger partial charge in [-0.15, -0.1) is 0 Å². The van der Waals surface area contributed by atoms with E-state index in [0.29, 0.717) is 23.4 Å². The summed E-state index contributed by atoms with van der Waals surface area (Å²) in [5.41, 5.74) is 14.9. The zero-order valence-corrected chi connectivity index (χ0v) is 20.4. The lowest BCUT2D eigenvalue weighted by atomic mass is 9.95. The Morgan fingerprint density at radius 1 is 0.943 bits per heavy atom. The largest absolute Gasteiger partial charge is 0.462 e. The predicted molar refractivity (Wildman–Crippen MR) is 138 cm³/mol.